The van der Waals surface area contributed by atoms with Crippen molar-refractivity contribution in [3.05, 3.63) is 33.8 Å². The summed E-state index contributed by atoms with van der Waals surface area (Å²) in [6.45, 7) is 6.45. The molecule has 0 saturated carbocycles. The maximum Gasteiger partial charge on any atom is 0.160 e. The van der Waals surface area contributed by atoms with Gasteiger partial charge >= 0.3 is 0 Å². The van der Waals surface area contributed by atoms with Crippen LogP contribution in [0.4, 0.5) is 0 Å². The zero-order valence-corrected chi connectivity index (χ0v) is 13.0. The molecule has 1 unspecified atom stereocenters. The number of rotatable bonds is 4. The molecule has 2 heterocycles. The number of hydrogen-bond acceptors (Lipinski definition) is 4. The van der Waals surface area contributed by atoms with E-state index in [0.717, 1.165) is 37.7 Å². The number of aromatic nitrogens is 2. The fourth-order valence-electron chi connectivity index (χ4n) is 2.83. The Morgan fingerprint density at radius 3 is 3.05 bits per heavy atom. The Bertz CT molecular complexity index is 591. The number of thiophene rings is 1. The largest absolute Gasteiger partial charge is 0.317 e. The van der Waals surface area contributed by atoms with Crippen molar-refractivity contribution >= 4 is 11.3 Å². The Hall–Kier alpha value is -1.26. The quantitative estimate of drug-likeness (QED) is 0.938. The summed E-state index contributed by atoms with van der Waals surface area (Å²) in [5.74, 6) is 1.63. The third-order valence-electron chi connectivity index (χ3n) is 4.03. The molecule has 4 heteroatoms. The minimum absolute atomic E-state index is 0.736. The molecule has 1 aliphatic carbocycles. The van der Waals surface area contributed by atoms with Gasteiger partial charge in [0.2, 0.25) is 0 Å². The van der Waals surface area contributed by atoms with Gasteiger partial charge in [0.1, 0.15) is 0 Å². The summed E-state index contributed by atoms with van der Waals surface area (Å²) in [5, 5.41) is 7.75. The van der Waals surface area contributed by atoms with Gasteiger partial charge in [-0.3, -0.25) is 0 Å². The molecule has 0 spiro atoms. The Balaban J connectivity index is 1.80. The number of hydrogen-bond donors (Lipinski definition) is 1. The first-order valence-corrected chi connectivity index (χ1v) is 8.31. The lowest BCUT2D eigenvalue weighted by Crippen LogP contribution is -2.27. The maximum atomic E-state index is 4.81. The van der Waals surface area contributed by atoms with Gasteiger partial charge in [-0.1, -0.05) is 6.92 Å². The zero-order valence-electron chi connectivity index (χ0n) is 12.1. The van der Waals surface area contributed by atoms with Crippen LogP contribution in [-0.4, -0.2) is 23.1 Å². The average molecular weight is 287 g/mol. The van der Waals surface area contributed by atoms with Gasteiger partial charge in [-0.15, -0.1) is 0 Å². The van der Waals surface area contributed by atoms with Crippen molar-refractivity contribution in [3.63, 3.8) is 0 Å². The molecule has 0 aromatic carbocycles. The molecule has 1 N–H and O–H groups in total. The maximum absolute atomic E-state index is 4.81. The van der Waals surface area contributed by atoms with Crippen LogP contribution in [0.3, 0.4) is 0 Å². The van der Waals surface area contributed by atoms with Crippen molar-refractivity contribution in [1.29, 1.82) is 0 Å². The van der Waals surface area contributed by atoms with Crippen LogP contribution in [0.2, 0.25) is 0 Å². The van der Waals surface area contributed by atoms with Gasteiger partial charge in [-0.25, -0.2) is 9.97 Å². The number of aryl methyl sites for hydroxylation is 2. The first-order valence-electron chi connectivity index (χ1n) is 7.36. The SMILES string of the molecule is CCNCC1CCc2nc(-c3cscc3C)ncc2C1. The van der Waals surface area contributed by atoms with E-state index in [-0.39, 0.29) is 0 Å². The molecule has 1 atom stereocenters. The van der Waals surface area contributed by atoms with Gasteiger partial charge in [0.25, 0.3) is 0 Å². The monoisotopic (exact) mass is 287 g/mol. The highest BCUT2D eigenvalue weighted by Crippen LogP contribution is 2.28. The molecule has 106 valence electrons. The standard InChI is InChI=1S/C16H21N3S/c1-3-17-7-12-4-5-15-13(6-12)8-18-16(19-15)14-10-20-9-11(14)2/h8-10,12,17H,3-7H2,1-2H3. The lowest BCUT2D eigenvalue weighted by molar-refractivity contribution is 0.425. The first-order chi connectivity index (χ1) is 9.78. The fourth-order valence-corrected chi connectivity index (χ4v) is 3.65. The molecule has 0 saturated heterocycles. The minimum atomic E-state index is 0.736. The van der Waals surface area contributed by atoms with E-state index in [1.807, 2.05) is 6.20 Å². The summed E-state index contributed by atoms with van der Waals surface area (Å²) in [6.07, 6.45) is 5.49. The van der Waals surface area contributed by atoms with Gasteiger partial charge in [-0.2, -0.15) is 11.3 Å². The molecule has 2 aromatic heterocycles. The van der Waals surface area contributed by atoms with Crippen molar-refractivity contribution in [2.24, 2.45) is 5.92 Å². The van der Waals surface area contributed by atoms with Crippen LogP contribution in [0, 0.1) is 12.8 Å². The van der Waals surface area contributed by atoms with Gasteiger partial charge in [0.05, 0.1) is 0 Å². The third kappa shape index (κ3) is 2.76. The van der Waals surface area contributed by atoms with E-state index in [4.69, 9.17) is 4.98 Å². The highest BCUT2D eigenvalue weighted by Gasteiger charge is 2.20. The van der Waals surface area contributed by atoms with Crippen LogP contribution < -0.4 is 5.32 Å². The molecule has 0 fully saturated rings. The Morgan fingerprint density at radius 2 is 2.30 bits per heavy atom. The summed E-state index contributed by atoms with van der Waals surface area (Å²) in [7, 11) is 0. The fraction of sp³-hybridized carbons (Fsp3) is 0.500. The van der Waals surface area contributed by atoms with Gasteiger partial charge < -0.3 is 5.32 Å². The second-order valence-corrected chi connectivity index (χ2v) is 6.29. The molecule has 2 aromatic rings. The summed E-state index contributed by atoms with van der Waals surface area (Å²) < 4.78 is 0. The molecular weight excluding hydrogens is 266 g/mol. The molecular formula is C16H21N3S. The van der Waals surface area contributed by atoms with Crippen molar-refractivity contribution in [2.75, 3.05) is 13.1 Å². The highest BCUT2D eigenvalue weighted by atomic mass is 32.1. The lowest BCUT2D eigenvalue weighted by Gasteiger charge is -2.24. The van der Waals surface area contributed by atoms with E-state index in [9.17, 15) is 0 Å². The minimum Gasteiger partial charge on any atom is -0.317 e. The Labute approximate surface area is 124 Å². The van der Waals surface area contributed by atoms with E-state index in [0.29, 0.717) is 0 Å². The molecule has 0 aliphatic heterocycles. The van der Waals surface area contributed by atoms with Crippen molar-refractivity contribution < 1.29 is 0 Å². The first kappa shape index (κ1) is 13.7. The zero-order chi connectivity index (χ0) is 13.9. The highest BCUT2D eigenvalue weighted by molar-refractivity contribution is 7.08. The van der Waals surface area contributed by atoms with Crippen LogP contribution in [0.1, 0.15) is 30.2 Å². The van der Waals surface area contributed by atoms with E-state index in [2.05, 4.69) is 34.9 Å². The summed E-state index contributed by atoms with van der Waals surface area (Å²) >= 11 is 1.72. The van der Waals surface area contributed by atoms with Crippen LogP contribution in [0.25, 0.3) is 11.4 Å². The molecule has 1 aliphatic rings. The van der Waals surface area contributed by atoms with E-state index < -0.39 is 0 Å². The van der Waals surface area contributed by atoms with Crippen molar-refractivity contribution in [1.82, 2.24) is 15.3 Å². The average Bonchev–Trinajstić information content (AvgIpc) is 2.90. The Morgan fingerprint density at radius 1 is 1.40 bits per heavy atom. The van der Waals surface area contributed by atoms with Crippen LogP contribution >= 0.6 is 11.3 Å². The van der Waals surface area contributed by atoms with Crippen LogP contribution in [0.5, 0.6) is 0 Å². The predicted molar refractivity (Wildman–Crippen MR) is 84.1 cm³/mol. The van der Waals surface area contributed by atoms with E-state index >= 15 is 0 Å². The number of fused-ring (bicyclic) bond motifs is 1. The third-order valence-corrected chi connectivity index (χ3v) is 4.89. The second-order valence-electron chi connectivity index (χ2n) is 5.55. The normalized spacial score (nSPS) is 18.0. The number of nitrogens with one attached hydrogen (secondary N) is 1. The molecule has 0 bridgehead atoms. The second kappa shape index (κ2) is 6.02. The van der Waals surface area contributed by atoms with Gasteiger partial charge in [0, 0.05) is 22.8 Å². The summed E-state index contributed by atoms with van der Waals surface area (Å²) in [5.41, 5.74) is 5.06. The van der Waals surface area contributed by atoms with E-state index in [1.165, 1.54) is 28.8 Å². The van der Waals surface area contributed by atoms with Gasteiger partial charge in [-0.05, 0) is 61.7 Å². The molecule has 0 radical (unpaired) electrons. The topological polar surface area (TPSA) is 37.8 Å². The summed E-state index contributed by atoms with van der Waals surface area (Å²) in [4.78, 5) is 9.39. The molecule has 3 rings (SSSR count). The van der Waals surface area contributed by atoms with E-state index in [1.54, 1.807) is 11.3 Å². The molecule has 0 amide bonds. The van der Waals surface area contributed by atoms with Crippen molar-refractivity contribution in [2.45, 2.75) is 33.1 Å². The van der Waals surface area contributed by atoms with Crippen molar-refractivity contribution in [3.8, 4) is 11.4 Å². The predicted octanol–water partition coefficient (Wildman–Crippen LogP) is 3.23. The Kier molecular flexibility index (Phi) is 4.13. The molecule has 20 heavy (non-hydrogen) atoms. The molecule has 3 nitrogen and oxygen atoms in total. The smallest absolute Gasteiger partial charge is 0.160 e. The summed E-state index contributed by atoms with van der Waals surface area (Å²) in [6, 6.07) is 0. The van der Waals surface area contributed by atoms with Crippen LogP contribution in [-0.2, 0) is 12.8 Å². The van der Waals surface area contributed by atoms with Gasteiger partial charge in [0.15, 0.2) is 5.82 Å². The van der Waals surface area contributed by atoms with Crippen LogP contribution in [0.15, 0.2) is 17.0 Å². The number of nitrogens with zero attached hydrogens (tertiary/aromatic N) is 2. The lowest BCUT2D eigenvalue weighted by atomic mass is 9.87.